The molecule has 0 fully saturated rings. The van der Waals surface area contributed by atoms with E-state index in [2.05, 4.69) is 10.3 Å². The van der Waals surface area contributed by atoms with Crippen LogP contribution in [-0.2, 0) is 17.8 Å². The molecule has 1 amide bonds. The molecule has 0 aliphatic rings. The van der Waals surface area contributed by atoms with E-state index in [0.29, 0.717) is 17.3 Å². The molecule has 0 aliphatic carbocycles. The molecule has 0 spiro atoms. The van der Waals surface area contributed by atoms with E-state index in [1.54, 1.807) is 37.6 Å². The number of pyridine rings is 1. The highest BCUT2D eigenvalue weighted by Crippen LogP contribution is 2.22. The number of rotatable bonds is 5. The van der Waals surface area contributed by atoms with Gasteiger partial charge in [-0.1, -0.05) is 23.7 Å². The third kappa shape index (κ3) is 4.36. The summed E-state index contributed by atoms with van der Waals surface area (Å²) in [5.74, 6) is 0.505. The Hall–Kier alpha value is -2.27. The number of H-pyrrole nitrogens is 1. The van der Waals surface area contributed by atoms with E-state index < -0.39 is 0 Å². The lowest BCUT2D eigenvalue weighted by atomic mass is 10.1. The van der Waals surface area contributed by atoms with Gasteiger partial charge in [-0.25, -0.2) is 0 Å². The molecule has 6 heteroatoms. The third-order valence-electron chi connectivity index (χ3n) is 2.95. The minimum atomic E-state index is -0.171. The molecule has 5 nitrogen and oxygen atoms in total. The zero-order valence-electron chi connectivity index (χ0n) is 11.5. The van der Waals surface area contributed by atoms with Gasteiger partial charge in [0, 0.05) is 23.8 Å². The van der Waals surface area contributed by atoms with Crippen LogP contribution in [0.15, 0.2) is 41.3 Å². The molecule has 1 aromatic carbocycles. The Morgan fingerprint density at radius 1 is 1.33 bits per heavy atom. The van der Waals surface area contributed by atoms with Crippen molar-refractivity contribution in [2.75, 3.05) is 7.11 Å². The van der Waals surface area contributed by atoms with Crippen molar-refractivity contribution in [1.82, 2.24) is 10.3 Å². The number of aromatic amines is 1. The van der Waals surface area contributed by atoms with Crippen LogP contribution < -0.4 is 15.6 Å². The Balaban J connectivity index is 1.92. The number of benzene rings is 1. The van der Waals surface area contributed by atoms with Crippen LogP contribution in [0.1, 0.15) is 11.1 Å². The highest BCUT2D eigenvalue weighted by Gasteiger charge is 2.08. The zero-order valence-corrected chi connectivity index (χ0v) is 12.2. The molecule has 21 heavy (non-hydrogen) atoms. The molecule has 1 heterocycles. The monoisotopic (exact) mass is 306 g/mol. The van der Waals surface area contributed by atoms with Gasteiger partial charge in [0.25, 0.3) is 0 Å². The van der Waals surface area contributed by atoms with Crippen molar-refractivity contribution in [2.24, 2.45) is 0 Å². The molecule has 0 aliphatic heterocycles. The van der Waals surface area contributed by atoms with Gasteiger partial charge in [-0.2, -0.15) is 0 Å². The fourth-order valence-corrected chi connectivity index (χ4v) is 2.02. The van der Waals surface area contributed by atoms with E-state index in [1.165, 1.54) is 6.07 Å². The largest absolute Gasteiger partial charge is 0.497 e. The van der Waals surface area contributed by atoms with Crippen LogP contribution in [0.2, 0.25) is 5.02 Å². The zero-order chi connectivity index (χ0) is 15.2. The SMILES string of the molecule is COc1ccc(CC(=O)NCc2ccc(=O)[nH]c2)c(Cl)c1. The normalized spacial score (nSPS) is 10.2. The van der Waals surface area contributed by atoms with Crippen LogP contribution in [0.3, 0.4) is 0 Å². The van der Waals surface area contributed by atoms with Crippen LogP contribution in [-0.4, -0.2) is 18.0 Å². The van der Waals surface area contributed by atoms with Crippen molar-refractivity contribution in [3.8, 4) is 5.75 Å². The van der Waals surface area contributed by atoms with Crippen LogP contribution in [0.5, 0.6) is 5.75 Å². The average Bonchev–Trinajstić information content (AvgIpc) is 2.48. The highest BCUT2D eigenvalue weighted by molar-refractivity contribution is 6.31. The van der Waals surface area contributed by atoms with E-state index in [-0.39, 0.29) is 17.9 Å². The molecule has 0 saturated heterocycles. The van der Waals surface area contributed by atoms with Gasteiger partial charge < -0.3 is 15.0 Å². The van der Waals surface area contributed by atoms with E-state index in [0.717, 1.165) is 11.1 Å². The molecule has 2 aromatic rings. The molecule has 1 aromatic heterocycles. The molecule has 0 unspecified atom stereocenters. The van der Waals surface area contributed by atoms with Crippen LogP contribution >= 0.6 is 11.6 Å². The van der Waals surface area contributed by atoms with Crippen molar-refractivity contribution < 1.29 is 9.53 Å². The maximum absolute atomic E-state index is 11.9. The molecule has 0 saturated carbocycles. The number of amides is 1. The molecular formula is C15H15ClN2O3. The second-order valence-corrected chi connectivity index (χ2v) is 4.88. The predicted octanol–water partition coefficient (Wildman–Crippen LogP) is 1.90. The summed E-state index contributed by atoms with van der Waals surface area (Å²) in [5, 5.41) is 3.27. The smallest absolute Gasteiger partial charge is 0.247 e. The maximum atomic E-state index is 11.9. The molecule has 0 bridgehead atoms. The number of aromatic nitrogens is 1. The first kappa shape index (κ1) is 15.1. The number of hydrogen-bond acceptors (Lipinski definition) is 3. The van der Waals surface area contributed by atoms with Crippen LogP contribution in [0.25, 0.3) is 0 Å². The lowest BCUT2D eigenvalue weighted by molar-refractivity contribution is -0.120. The first-order valence-electron chi connectivity index (χ1n) is 6.35. The molecule has 2 N–H and O–H groups in total. The Labute approximate surface area is 126 Å². The lowest BCUT2D eigenvalue weighted by Crippen LogP contribution is -2.25. The minimum Gasteiger partial charge on any atom is -0.497 e. The van der Waals surface area contributed by atoms with Gasteiger partial charge in [-0.05, 0) is 23.3 Å². The van der Waals surface area contributed by atoms with E-state index >= 15 is 0 Å². The summed E-state index contributed by atoms with van der Waals surface area (Å²) in [7, 11) is 1.56. The maximum Gasteiger partial charge on any atom is 0.247 e. The first-order valence-corrected chi connectivity index (χ1v) is 6.73. The predicted molar refractivity (Wildman–Crippen MR) is 80.6 cm³/mol. The fraction of sp³-hybridized carbons (Fsp3) is 0.200. The summed E-state index contributed by atoms with van der Waals surface area (Å²) in [6.45, 7) is 0.351. The standard InChI is InChI=1S/C15H15ClN2O3/c1-21-12-4-3-11(13(16)7-12)6-15(20)18-9-10-2-5-14(19)17-8-10/h2-5,7-8H,6,9H2,1H3,(H,17,19)(H,18,20). The van der Waals surface area contributed by atoms with Gasteiger partial charge >= 0.3 is 0 Å². The van der Waals surface area contributed by atoms with Crippen molar-refractivity contribution in [1.29, 1.82) is 0 Å². The van der Waals surface area contributed by atoms with Gasteiger partial charge in [0.1, 0.15) is 5.75 Å². The van der Waals surface area contributed by atoms with Crippen LogP contribution in [0.4, 0.5) is 0 Å². The molecule has 2 rings (SSSR count). The summed E-state index contributed by atoms with van der Waals surface area (Å²) in [5.41, 5.74) is 1.38. The number of carbonyl (C=O) groups is 1. The van der Waals surface area contributed by atoms with E-state index in [1.807, 2.05) is 0 Å². The Kier molecular flexibility index (Phi) is 5.00. The molecule has 110 valence electrons. The fourth-order valence-electron chi connectivity index (χ4n) is 1.79. The highest BCUT2D eigenvalue weighted by atomic mass is 35.5. The summed E-state index contributed by atoms with van der Waals surface area (Å²) < 4.78 is 5.06. The van der Waals surface area contributed by atoms with Gasteiger partial charge in [0.2, 0.25) is 11.5 Å². The third-order valence-corrected chi connectivity index (χ3v) is 3.30. The van der Waals surface area contributed by atoms with Crippen molar-refractivity contribution >= 4 is 17.5 Å². The number of nitrogens with one attached hydrogen (secondary N) is 2. The quantitative estimate of drug-likeness (QED) is 0.886. The number of halogens is 1. The van der Waals surface area contributed by atoms with Gasteiger partial charge in [-0.3, -0.25) is 9.59 Å². The topological polar surface area (TPSA) is 71.2 Å². The van der Waals surface area contributed by atoms with Crippen molar-refractivity contribution in [3.63, 3.8) is 0 Å². The summed E-state index contributed by atoms with van der Waals surface area (Å²) in [4.78, 5) is 25.4. The van der Waals surface area contributed by atoms with Gasteiger partial charge in [0.05, 0.1) is 13.5 Å². The number of ether oxygens (including phenoxy) is 1. The number of carbonyl (C=O) groups excluding carboxylic acids is 1. The van der Waals surface area contributed by atoms with E-state index in [4.69, 9.17) is 16.3 Å². The second-order valence-electron chi connectivity index (χ2n) is 4.47. The van der Waals surface area contributed by atoms with Gasteiger partial charge in [-0.15, -0.1) is 0 Å². The molecule has 0 atom stereocenters. The van der Waals surface area contributed by atoms with E-state index in [9.17, 15) is 9.59 Å². The number of methoxy groups -OCH3 is 1. The summed E-state index contributed by atoms with van der Waals surface area (Å²) in [6.07, 6.45) is 1.76. The summed E-state index contributed by atoms with van der Waals surface area (Å²) >= 11 is 6.09. The van der Waals surface area contributed by atoms with Crippen molar-refractivity contribution in [3.05, 3.63) is 63.0 Å². The van der Waals surface area contributed by atoms with Crippen molar-refractivity contribution in [2.45, 2.75) is 13.0 Å². The van der Waals surface area contributed by atoms with Gasteiger partial charge in [0.15, 0.2) is 0 Å². The first-order chi connectivity index (χ1) is 10.1. The number of hydrogen-bond donors (Lipinski definition) is 2. The minimum absolute atomic E-state index is 0.145. The Morgan fingerprint density at radius 2 is 2.14 bits per heavy atom. The van der Waals surface area contributed by atoms with Crippen LogP contribution in [0, 0.1) is 0 Å². The Bertz CT molecular complexity index is 677. The summed E-state index contributed by atoms with van der Waals surface area (Å²) in [6, 6.07) is 8.28. The Morgan fingerprint density at radius 3 is 2.76 bits per heavy atom. The molecule has 0 radical (unpaired) electrons. The molecular weight excluding hydrogens is 292 g/mol. The lowest BCUT2D eigenvalue weighted by Gasteiger charge is -2.08. The average molecular weight is 307 g/mol. The second kappa shape index (κ2) is 6.95.